The number of rotatable bonds is 9. The third-order valence-corrected chi connectivity index (χ3v) is 9.90. The monoisotopic (exact) mass is 558 g/mol. The van der Waals surface area contributed by atoms with Crippen molar-refractivity contribution in [3.05, 3.63) is 95.3 Å². The van der Waals surface area contributed by atoms with Crippen LogP contribution in [0.25, 0.3) is 22.3 Å². The maximum Gasteiger partial charge on any atom is 0.166 e. The summed E-state index contributed by atoms with van der Waals surface area (Å²) >= 11 is 0. The van der Waals surface area contributed by atoms with Crippen molar-refractivity contribution in [3.63, 3.8) is 0 Å². The van der Waals surface area contributed by atoms with Crippen LogP contribution in [0.3, 0.4) is 0 Å². The van der Waals surface area contributed by atoms with Crippen LogP contribution >= 0.6 is 0 Å². The fraction of sp³-hybridized carbons (Fsp3) is 0.474. The van der Waals surface area contributed by atoms with Gasteiger partial charge in [0, 0.05) is 5.56 Å². The van der Waals surface area contributed by atoms with Crippen LogP contribution in [-0.2, 0) is 6.42 Å². The first-order chi connectivity index (χ1) is 20.0. The van der Waals surface area contributed by atoms with Gasteiger partial charge in [-0.05, 0) is 129 Å². The zero-order valence-electron chi connectivity index (χ0n) is 24.8. The summed E-state index contributed by atoms with van der Waals surface area (Å²) in [4.78, 5) is 0. The third-order valence-electron chi connectivity index (χ3n) is 9.90. The number of benzene rings is 3. The van der Waals surface area contributed by atoms with Gasteiger partial charge in [0.1, 0.15) is 5.82 Å². The average molecular weight is 559 g/mol. The molecule has 3 heteroatoms. The second-order valence-corrected chi connectivity index (χ2v) is 12.5. The Morgan fingerprint density at radius 2 is 1.32 bits per heavy atom. The molecule has 218 valence electrons. The fourth-order valence-corrected chi connectivity index (χ4v) is 7.43. The van der Waals surface area contributed by atoms with Crippen LogP contribution in [0.2, 0.25) is 0 Å². The third kappa shape index (κ3) is 6.99. The minimum absolute atomic E-state index is 0.131. The lowest BCUT2D eigenvalue weighted by Gasteiger charge is -2.37. The van der Waals surface area contributed by atoms with E-state index >= 15 is 4.39 Å². The van der Waals surface area contributed by atoms with Gasteiger partial charge in [0.15, 0.2) is 11.6 Å². The molecule has 2 saturated carbocycles. The Balaban J connectivity index is 1.21. The Bertz CT molecular complexity index is 1310. The predicted octanol–water partition coefficient (Wildman–Crippen LogP) is 11.8. The highest BCUT2D eigenvalue weighted by atomic mass is 19.2. The highest BCUT2D eigenvalue weighted by Gasteiger charge is 2.31. The molecule has 3 aromatic rings. The summed E-state index contributed by atoms with van der Waals surface area (Å²) in [6.45, 7) is 4.21. The SMILES string of the molecule is C/C=C/C1CCC(C2CCC(c3ccc(-c4ccc(-c5ccc(CCCCC)c(F)c5F)cc4)cc3F)CC2)CC1. The van der Waals surface area contributed by atoms with Gasteiger partial charge in [-0.25, -0.2) is 13.2 Å². The Kier molecular flexibility index (Phi) is 10.1. The molecule has 0 nitrogen and oxygen atoms in total. The Morgan fingerprint density at radius 3 is 1.95 bits per heavy atom. The van der Waals surface area contributed by atoms with Crippen LogP contribution in [0.5, 0.6) is 0 Å². The van der Waals surface area contributed by atoms with Crippen molar-refractivity contribution in [2.24, 2.45) is 17.8 Å². The van der Waals surface area contributed by atoms with Crippen molar-refractivity contribution in [2.45, 2.75) is 96.8 Å². The first-order valence-electron chi connectivity index (χ1n) is 16.0. The van der Waals surface area contributed by atoms with Crippen LogP contribution in [0, 0.1) is 35.2 Å². The minimum Gasteiger partial charge on any atom is -0.207 e. The molecule has 2 aliphatic rings. The van der Waals surface area contributed by atoms with E-state index in [4.69, 9.17) is 0 Å². The Morgan fingerprint density at radius 1 is 0.683 bits per heavy atom. The second kappa shape index (κ2) is 13.9. The maximum atomic E-state index is 15.4. The van der Waals surface area contributed by atoms with Gasteiger partial charge in [-0.2, -0.15) is 0 Å². The topological polar surface area (TPSA) is 0 Å². The molecule has 0 aliphatic heterocycles. The van der Waals surface area contributed by atoms with E-state index in [-0.39, 0.29) is 11.4 Å². The van der Waals surface area contributed by atoms with Gasteiger partial charge in [-0.15, -0.1) is 0 Å². The molecule has 41 heavy (non-hydrogen) atoms. The van der Waals surface area contributed by atoms with Crippen molar-refractivity contribution in [1.29, 1.82) is 0 Å². The van der Waals surface area contributed by atoms with Crippen LogP contribution in [0.1, 0.15) is 102 Å². The molecule has 0 aromatic heterocycles. The van der Waals surface area contributed by atoms with Crippen molar-refractivity contribution >= 4 is 0 Å². The van der Waals surface area contributed by atoms with Gasteiger partial charge in [0.25, 0.3) is 0 Å². The molecule has 0 amide bonds. The molecule has 0 atom stereocenters. The van der Waals surface area contributed by atoms with E-state index in [1.54, 1.807) is 30.3 Å². The molecular weight excluding hydrogens is 513 g/mol. The lowest BCUT2D eigenvalue weighted by Crippen LogP contribution is -2.25. The summed E-state index contributed by atoms with van der Waals surface area (Å²) in [6.07, 6.45) is 17.9. The van der Waals surface area contributed by atoms with Gasteiger partial charge >= 0.3 is 0 Å². The standard InChI is InChI=1S/C38H45F3/c1-3-5-6-8-32-21-24-35(38(41)37(32)40)31-19-15-29(16-20-31)33-22-23-34(36(39)25-33)30-17-13-28(14-18-30)27-11-9-26(7-4-2)10-12-27/h4,7,15-16,19-28,30H,3,5-6,8-14,17-18H2,1-2H3/b7-4+. The van der Waals surface area contributed by atoms with E-state index in [2.05, 4.69) is 26.0 Å². The maximum absolute atomic E-state index is 15.4. The minimum atomic E-state index is -0.793. The number of unbranched alkanes of at least 4 members (excludes halogenated alkanes) is 2. The number of hydrogen-bond donors (Lipinski definition) is 0. The van der Waals surface area contributed by atoms with Gasteiger partial charge in [-0.3, -0.25) is 0 Å². The van der Waals surface area contributed by atoms with Gasteiger partial charge < -0.3 is 0 Å². The molecule has 3 aromatic carbocycles. The highest BCUT2D eigenvalue weighted by Crippen LogP contribution is 2.45. The van der Waals surface area contributed by atoms with Crippen LogP contribution < -0.4 is 0 Å². The lowest BCUT2D eigenvalue weighted by atomic mass is 9.68. The summed E-state index contributed by atoms with van der Waals surface area (Å²) in [5, 5.41) is 0. The molecule has 2 aliphatic carbocycles. The molecular formula is C38H45F3. The predicted molar refractivity (Wildman–Crippen MR) is 165 cm³/mol. The second-order valence-electron chi connectivity index (χ2n) is 12.5. The van der Waals surface area contributed by atoms with Gasteiger partial charge in [0.2, 0.25) is 0 Å². The highest BCUT2D eigenvalue weighted by molar-refractivity contribution is 5.71. The number of halogens is 3. The smallest absolute Gasteiger partial charge is 0.166 e. The molecule has 0 heterocycles. The molecule has 0 spiro atoms. The van der Waals surface area contributed by atoms with Gasteiger partial charge in [-0.1, -0.05) is 80.4 Å². The summed E-state index contributed by atoms with van der Waals surface area (Å²) in [6, 6.07) is 16.3. The molecule has 5 rings (SSSR count). The van der Waals surface area contributed by atoms with Gasteiger partial charge in [0.05, 0.1) is 0 Å². The first-order valence-corrected chi connectivity index (χ1v) is 16.0. The van der Waals surface area contributed by atoms with E-state index in [0.717, 1.165) is 66.5 Å². The van der Waals surface area contributed by atoms with E-state index < -0.39 is 11.6 Å². The van der Waals surface area contributed by atoms with E-state index in [0.29, 0.717) is 23.5 Å². The summed E-state index contributed by atoms with van der Waals surface area (Å²) < 4.78 is 45.0. The van der Waals surface area contributed by atoms with E-state index in [1.165, 1.54) is 38.5 Å². The first kappa shape index (κ1) is 29.7. The summed E-state index contributed by atoms with van der Waals surface area (Å²) in [5.74, 6) is 1.05. The number of hydrogen-bond acceptors (Lipinski definition) is 0. The number of allylic oxidation sites excluding steroid dienone is 2. The Hall–Kier alpha value is -2.81. The lowest BCUT2D eigenvalue weighted by molar-refractivity contribution is 0.171. The van der Waals surface area contributed by atoms with Crippen LogP contribution in [-0.4, -0.2) is 0 Å². The van der Waals surface area contributed by atoms with E-state index in [1.807, 2.05) is 24.3 Å². The molecule has 0 saturated heterocycles. The fourth-order valence-electron chi connectivity index (χ4n) is 7.43. The van der Waals surface area contributed by atoms with Crippen molar-refractivity contribution in [2.75, 3.05) is 0 Å². The largest absolute Gasteiger partial charge is 0.207 e. The zero-order valence-corrected chi connectivity index (χ0v) is 24.8. The molecule has 2 fully saturated rings. The van der Waals surface area contributed by atoms with Crippen molar-refractivity contribution < 1.29 is 13.2 Å². The van der Waals surface area contributed by atoms with Crippen molar-refractivity contribution in [1.82, 2.24) is 0 Å². The Labute approximate surface area is 245 Å². The van der Waals surface area contributed by atoms with Crippen LogP contribution in [0.15, 0.2) is 66.7 Å². The van der Waals surface area contributed by atoms with Crippen molar-refractivity contribution in [3.8, 4) is 22.3 Å². The molecule has 0 bridgehead atoms. The van der Waals surface area contributed by atoms with E-state index in [9.17, 15) is 8.78 Å². The quantitative estimate of drug-likeness (QED) is 0.181. The molecule has 0 radical (unpaired) electrons. The molecule has 0 unspecified atom stereocenters. The normalized spacial score (nSPS) is 23.2. The zero-order chi connectivity index (χ0) is 28.8. The number of aryl methyl sites for hydroxylation is 1. The summed E-state index contributed by atoms with van der Waals surface area (Å²) in [7, 11) is 0. The summed E-state index contributed by atoms with van der Waals surface area (Å²) in [5.41, 5.74) is 3.84. The van der Waals surface area contributed by atoms with Crippen LogP contribution in [0.4, 0.5) is 13.2 Å². The molecule has 0 N–H and O–H groups in total. The average Bonchev–Trinajstić information content (AvgIpc) is 3.00.